The van der Waals surface area contributed by atoms with Crippen LogP contribution in [0.4, 0.5) is 18.9 Å². The van der Waals surface area contributed by atoms with Gasteiger partial charge in [0.1, 0.15) is 5.75 Å². The molecule has 0 saturated heterocycles. The number of halogens is 3. The first-order chi connectivity index (χ1) is 8.27. The van der Waals surface area contributed by atoms with Crippen LogP contribution in [-0.4, -0.2) is 16.9 Å². The van der Waals surface area contributed by atoms with Crippen LogP contribution in [0, 0.1) is 15.9 Å². The largest absolute Gasteiger partial charge is 0.483 e. The number of hydrazine groups is 1. The average Bonchev–Trinajstić information content (AvgIpc) is 2.26. The van der Waals surface area contributed by atoms with Gasteiger partial charge in [0.2, 0.25) is 5.82 Å². The molecule has 10 heteroatoms. The summed E-state index contributed by atoms with van der Waals surface area (Å²) in [5, 5.41) is 10.3. The Labute approximate surface area is 97.4 Å². The molecule has 1 amide bonds. The summed E-state index contributed by atoms with van der Waals surface area (Å²) in [4.78, 5) is 19.8. The SMILES string of the molecule is NNC(=O)C(F)(F)Oc1ccc([N+](=O)[O-])c(F)c1. The van der Waals surface area contributed by atoms with Crippen molar-refractivity contribution in [1.82, 2.24) is 5.43 Å². The lowest BCUT2D eigenvalue weighted by atomic mass is 10.3. The van der Waals surface area contributed by atoms with E-state index < -0.39 is 34.2 Å². The number of alkyl halides is 2. The summed E-state index contributed by atoms with van der Waals surface area (Å²) < 4.78 is 42.8. The average molecular weight is 265 g/mol. The van der Waals surface area contributed by atoms with E-state index in [0.717, 1.165) is 11.5 Å². The van der Waals surface area contributed by atoms with Crippen LogP contribution in [0.15, 0.2) is 18.2 Å². The van der Waals surface area contributed by atoms with E-state index >= 15 is 0 Å². The summed E-state index contributed by atoms with van der Waals surface area (Å²) in [6, 6.07) is 1.70. The number of nitrogens with one attached hydrogen (secondary N) is 1. The maximum absolute atomic E-state index is 13.1. The predicted octanol–water partition coefficient (Wildman–Crippen LogP) is 0.695. The maximum atomic E-state index is 13.1. The lowest BCUT2D eigenvalue weighted by Crippen LogP contribution is -2.47. The minimum absolute atomic E-state index is 0.357. The molecule has 0 aliphatic carbocycles. The van der Waals surface area contributed by atoms with Gasteiger partial charge in [0.15, 0.2) is 0 Å². The number of hydrogen-bond donors (Lipinski definition) is 2. The van der Waals surface area contributed by atoms with E-state index in [1.54, 1.807) is 0 Å². The van der Waals surface area contributed by atoms with Crippen LogP contribution in [0.5, 0.6) is 5.75 Å². The van der Waals surface area contributed by atoms with E-state index in [4.69, 9.17) is 0 Å². The number of carbonyl (C=O) groups excluding carboxylic acids is 1. The number of carbonyl (C=O) groups is 1. The smallest absolute Gasteiger partial charge is 0.425 e. The molecule has 0 saturated carbocycles. The second kappa shape index (κ2) is 4.87. The van der Waals surface area contributed by atoms with E-state index in [9.17, 15) is 28.1 Å². The Bertz CT molecular complexity index is 494. The summed E-state index contributed by atoms with van der Waals surface area (Å²) in [6.45, 7) is 0. The van der Waals surface area contributed by atoms with Gasteiger partial charge >= 0.3 is 17.7 Å². The molecule has 1 aromatic carbocycles. The zero-order chi connectivity index (χ0) is 13.9. The van der Waals surface area contributed by atoms with Crippen LogP contribution in [0.3, 0.4) is 0 Å². The van der Waals surface area contributed by atoms with Crippen molar-refractivity contribution < 1.29 is 27.6 Å². The normalized spacial score (nSPS) is 10.9. The fraction of sp³-hybridized carbons (Fsp3) is 0.125. The van der Waals surface area contributed by atoms with Crippen LogP contribution in [0.1, 0.15) is 0 Å². The van der Waals surface area contributed by atoms with Crippen molar-refractivity contribution in [1.29, 1.82) is 0 Å². The molecule has 0 spiro atoms. The Kier molecular flexibility index (Phi) is 3.71. The number of nitrogens with two attached hydrogens (primary N) is 1. The molecular formula is C8H6F3N3O4. The van der Waals surface area contributed by atoms with E-state index in [1.165, 1.54) is 0 Å². The second-order valence-corrected chi connectivity index (χ2v) is 2.96. The molecule has 0 aliphatic heterocycles. The molecular weight excluding hydrogens is 259 g/mol. The summed E-state index contributed by atoms with van der Waals surface area (Å²) in [6.07, 6.45) is -4.32. The highest BCUT2D eigenvalue weighted by Crippen LogP contribution is 2.26. The van der Waals surface area contributed by atoms with E-state index in [1.807, 2.05) is 0 Å². The Balaban J connectivity index is 2.97. The number of rotatable bonds is 4. The van der Waals surface area contributed by atoms with Gasteiger partial charge in [0, 0.05) is 12.1 Å². The van der Waals surface area contributed by atoms with Gasteiger partial charge in [-0.2, -0.15) is 13.2 Å². The molecule has 0 bridgehead atoms. The molecule has 0 atom stereocenters. The standard InChI is InChI=1S/C8H6F3N3O4/c9-5-3-4(1-2-6(5)14(16)17)18-8(10,11)7(15)13-12/h1-3H,12H2,(H,13,15). The molecule has 0 heterocycles. The fourth-order valence-corrected chi connectivity index (χ4v) is 0.978. The number of benzene rings is 1. The Morgan fingerprint density at radius 3 is 2.56 bits per heavy atom. The molecule has 7 nitrogen and oxygen atoms in total. The Morgan fingerprint density at radius 1 is 1.50 bits per heavy atom. The molecule has 3 N–H and O–H groups in total. The lowest BCUT2D eigenvalue weighted by molar-refractivity contribution is -0.387. The van der Waals surface area contributed by atoms with Crippen LogP contribution in [-0.2, 0) is 4.79 Å². The molecule has 18 heavy (non-hydrogen) atoms. The quantitative estimate of drug-likeness (QED) is 0.360. The molecule has 1 rings (SSSR count). The van der Waals surface area contributed by atoms with Gasteiger partial charge < -0.3 is 4.74 Å². The first-order valence-electron chi connectivity index (χ1n) is 4.29. The van der Waals surface area contributed by atoms with Crippen molar-refractivity contribution in [3.8, 4) is 5.75 Å². The molecule has 0 aromatic heterocycles. The monoisotopic (exact) mass is 265 g/mol. The zero-order valence-corrected chi connectivity index (χ0v) is 8.52. The molecule has 0 unspecified atom stereocenters. The van der Waals surface area contributed by atoms with Gasteiger partial charge in [-0.3, -0.25) is 20.3 Å². The Morgan fingerprint density at radius 2 is 2.11 bits per heavy atom. The third-order valence-electron chi connectivity index (χ3n) is 1.76. The number of hydrogen-bond acceptors (Lipinski definition) is 5. The highest BCUT2D eigenvalue weighted by molar-refractivity contribution is 5.81. The number of nitro benzene ring substituents is 1. The van der Waals surface area contributed by atoms with E-state index in [2.05, 4.69) is 10.6 Å². The van der Waals surface area contributed by atoms with Crippen LogP contribution in [0.25, 0.3) is 0 Å². The summed E-state index contributed by atoms with van der Waals surface area (Å²) >= 11 is 0. The molecule has 0 aliphatic rings. The Hall–Kier alpha value is -2.36. The minimum Gasteiger partial charge on any atom is -0.425 e. The third-order valence-corrected chi connectivity index (χ3v) is 1.76. The van der Waals surface area contributed by atoms with Crippen LogP contribution < -0.4 is 16.0 Å². The first kappa shape index (κ1) is 13.7. The van der Waals surface area contributed by atoms with Crippen molar-refractivity contribution in [2.45, 2.75) is 6.11 Å². The van der Waals surface area contributed by atoms with Gasteiger partial charge in [-0.1, -0.05) is 0 Å². The molecule has 1 aromatic rings. The zero-order valence-electron chi connectivity index (χ0n) is 8.52. The van der Waals surface area contributed by atoms with Gasteiger partial charge in [-0.15, -0.1) is 0 Å². The number of ether oxygens (including phenoxy) is 1. The maximum Gasteiger partial charge on any atom is 0.483 e. The van der Waals surface area contributed by atoms with Gasteiger partial charge in [0.05, 0.1) is 4.92 Å². The van der Waals surface area contributed by atoms with Crippen molar-refractivity contribution >= 4 is 11.6 Å². The van der Waals surface area contributed by atoms with Gasteiger partial charge in [-0.05, 0) is 6.07 Å². The number of nitrogens with zero attached hydrogens (tertiary/aromatic N) is 1. The lowest BCUT2D eigenvalue weighted by Gasteiger charge is -2.15. The van der Waals surface area contributed by atoms with Gasteiger partial charge in [0.25, 0.3) is 0 Å². The molecule has 0 radical (unpaired) electrons. The van der Waals surface area contributed by atoms with Crippen molar-refractivity contribution in [3.05, 3.63) is 34.1 Å². The molecule has 98 valence electrons. The van der Waals surface area contributed by atoms with E-state index in [-0.39, 0.29) is 0 Å². The fourth-order valence-electron chi connectivity index (χ4n) is 0.978. The third kappa shape index (κ3) is 2.85. The second-order valence-electron chi connectivity index (χ2n) is 2.96. The van der Waals surface area contributed by atoms with Crippen LogP contribution >= 0.6 is 0 Å². The number of amides is 1. The predicted molar refractivity (Wildman–Crippen MR) is 51.0 cm³/mol. The highest BCUT2D eigenvalue weighted by atomic mass is 19.3. The first-order valence-corrected chi connectivity index (χ1v) is 4.29. The van der Waals surface area contributed by atoms with Crippen molar-refractivity contribution in [2.24, 2.45) is 5.84 Å². The summed E-state index contributed by atoms with van der Waals surface area (Å²) in [7, 11) is 0. The summed E-state index contributed by atoms with van der Waals surface area (Å²) in [5.74, 6) is 0.408. The minimum atomic E-state index is -4.32. The number of nitro groups is 1. The van der Waals surface area contributed by atoms with Crippen molar-refractivity contribution in [3.63, 3.8) is 0 Å². The highest BCUT2D eigenvalue weighted by Gasteiger charge is 2.42. The van der Waals surface area contributed by atoms with Gasteiger partial charge in [-0.25, -0.2) is 5.84 Å². The van der Waals surface area contributed by atoms with Crippen molar-refractivity contribution in [2.75, 3.05) is 0 Å². The van der Waals surface area contributed by atoms with Crippen LogP contribution in [0.2, 0.25) is 0 Å². The molecule has 0 fully saturated rings. The topological polar surface area (TPSA) is 107 Å². The van der Waals surface area contributed by atoms with E-state index in [0.29, 0.717) is 12.1 Å². The summed E-state index contributed by atoms with van der Waals surface area (Å²) in [5.41, 5.74) is 0.245.